The van der Waals surface area contributed by atoms with Gasteiger partial charge < -0.3 is 16.4 Å². The molecule has 0 atom stereocenters. The Morgan fingerprint density at radius 2 is 1.95 bits per heavy atom. The number of hydrogen-bond donors (Lipinski definition) is 3. The van der Waals surface area contributed by atoms with Crippen LogP contribution in [0.2, 0.25) is 0 Å². The normalized spacial score (nSPS) is 9.95. The molecule has 4 N–H and O–H groups in total. The summed E-state index contributed by atoms with van der Waals surface area (Å²) in [5, 5.41) is 16.6. The minimum absolute atomic E-state index is 0.0491. The highest BCUT2D eigenvalue weighted by atomic mass is 16.6. The summed E-state index contributed by atoms with van der Waals surface area (Å²) in [5.74, 6) is 0.0670. The van der Waals surface area contributed by atoms with E-state index in [1.54, 1.807) is 31.3 Å². The molecule has 0 bridgehead atoms. The highest BCUT2D eigenvalue weighted by Crippen LogP contribution is 2.30. The van der Waals surface area contributed by atoms with Crippen LogP contribution in [-0.4, -0.2) is 21.9 Å². The van der Waals surface area contributed by atoms with Crippen LogP contribution in [0.5, 0.6) is 0 Å². The van der Waals surface area contributed by atoms with Crippen LogP contribution in [0.4, 0.5) is 29.0 Å². The molecule has 0 aliphatic heterocycles. The van der Waals surface area contributed by atoms with Gasteiger partial charge in [0.05, 0.1) is 4.92 Å². The maximum Gasteiger partial charge on any atom is 0.353 e. The van der Waals surface area contributed by atoms with Crippen molar-refractivity contribution in [3.8, 4) is 0 Å². The second kappa shape index (κ2) is 5.17. The van der Waals surface area contributed by atoms with Crippen LogP contribution in [0.25, 0.3) is 0 Å². The molecule has 1 aromatic carbocycles. The van der Waals surface area contributed by atoms with E-state index < -0.39 is 4.92 Å². The molecule has 2 aromatic rings. The highest BCUT2D eigenvalue weighted by molar-refractivity contribution is 5.74. The summed E-state index contributed by atoms with van der Waals surface area (Å²) in [7, 11) is 1.60. The number of anilines is 4. The first-order valence-electron chi connectivity index (χ1n) is 5.43. The van der Waals surface area contributed by atoms with E-state index in [1.807, 2.05) is 6.07 Å². The van der Waals surface area contributed by atoms with Crippen LogP contribution >= 0.6 is 0 Å². The monoisotopic (exact) mass is 260 g/mol. The minimum Gasteiger partial charge on any atom is -0.378 e. The first-order valence-corrected chi connectivity index (χ1v) is 5.43. The third-order valence-corrected chi connectivity index (χ3v) is 2.35. The Hall–Kier alpha value is -2.90. The van der Waals surface area contributed by atoms with Crippen LogP contribution in [0.1, 0.15) is 0 Å². The molecule has 0 aliphatic rings. The molecule has 0 spiro atoms. The Kier molecular flexibility index (Phi) is 3.42. The van der Waals surface area contributed by atoms with Crippen molar-refractivity contribution in [2.75, 3.05) is 23.4 Å². The van der Waals surface area contributed by atoms with E-state index in [0.717, 1.165) is 0 Å². The molecule has 19 heavy (non-hydrogen) atoms. The van der Waals surface area contributed by atoms with Gasteiger partial charge in [-0.2, -0.15) is 9.97 Å². The standard InChI is InChI=1S/C11H12N6O2/c1-13-11-15-9(12)8(17(18)19)10(16-11)14-7-5-3-2-4-6-7/h2-6H,1H3,(H4,12,13,14,15,16). The molecule has 1 heterocycles. The zero-order valence-electron chi connectivity index (χ0n) is 10.1. The molecule has 0 aliphatic carbocycles. The molecule has 0 amide bonds. The minimum atomic E-state index is -0.611. The molecule has 98 valence electrons. The van der Waals surface area contributed by atoms with Crippen molar-refractivity contribution >= 4 is 29.0 Å². The van der Waals surface area contributed by atoms with Gasteiger partial charge >= 0.3 is 5.69 Å². The van der Waals surface area contributed by atoms with Gasteiger partial charge in [-0.05, 0) is 12.1 Å². The quantitative estimate of drug-likeness (QED) is 0.565. The summed E-state index contributed by atoms with van der Waals surface area (Å²) in [6, 6.07) is 8.98. The Labute approximate surface area is 108 Å². The van der Waals surface area contributed by atoms with E-state index in [-0.39, 0.29) is 23.3 Å². The van der Waals surface area contributed by atoms with Crippen molar-refractivity contribution in [3.63, 3.8) is 0 Å². The molecule has 0 fully saturated rings. The number of rotatable bonds is 4. The van der Waals surface area contributed by atoms with Crippen molar-refractivity contribution in [1.82, 2.24) is 9.97 Å². The third kappa shape index (κ3) is 2.68. The van der Waals surface area contributed by atoms with E-state index in [2.05, 4.69) is 20.6 Å². The maximum absolute atomic E-state index is 11.0. The molecule has 0 saturated carbocycles. The van der Waals surface area contributed by atoms with Crippen LogP contribution < -0.4 is 16.4 Å². The summed E-state index contributed by atoms with van der Waals surface area (Å²) >= 11 is 0. The number of benzene rings is 1. The highest BCUT2D eigenvalue weighted by Gasteiger charge is 2.22. The lowest BCUT2D eigenvalue weighted by Gasteiger charge is -2.08. The van der Waals surface area contributed by atoms with Crippen molar-refractivity contribution in [1.29, 1.82) is 0 Å². The van der Waals surface area contributed by atoms with Crippen molar-refractivity contribution < 1.29 is 4.92 Å². The number of nitrogens with zero attached hydrogens (tertiary/aromatic N) is 3. The van der Waals surface area contributed by atoms with Crippen LogP contribution in [0, 0.1) is 10.1 Å². The zero-order chi connectivity index (χ0) is 13.8. The van der Waals surface area contributed by atoms with E-state index in [0.29, 0.717) is 5.69 Å². The second-order valence-corrected chi connectivity index (χ2v) is 3.63. The van der Waals surface area contributed by atoms with E-state index >= 15 is 0 Å². The van der Waals surface area contributed by atoms with Crippen LogP contribution in [0.15, 0.2) is 30.3 Å². The van der Waals surface area contributed by atoms with Crippen LogP contribution in [0.3, 0.4) is 0 Å². The SMILES string of the molecule is CNc1nc(N)c([N+](=O)[O-])c(Nc2ccccc2)n1. The van der Waals surface area contributed by atoms with Gasteiger partial charge in [-0.1, -0.05) is 18.2 Å². The lowest BCUT2D eigenvalue weighted by atomic mass is 10.3. The van der Waals surface area contributed by atoms with Gasteiger partial charge in [-0.3, -0.25) is 10.1 Å². The Bertz CT molecular complexity index is 602. The Morgan fingerprint density at radius 1 is 1.26 bits per heavy atom. The second-order valence-electron chi connectivity index (χ2n) is 3.63. The number of nitrogens with one attached hydrogen (secondary N) is 2. The zero-order valence-corrected chi connectivity index (χ0v) is 10.1. The first kappa shape index (κ1) is 12.6. The molecule has 0 radical (unpaired) electrons. The van der Waals surface area contributed by atoms with Gasteiger partial charge in [0.2, 0.25) is 17.6 Å². The number of aromatic nitrogens is 2. The Morgan fingerprint density at radius 3 is 2.53 bits per heavy atom. The molecule has 1 aromatic heterocycles. The smallest absolute Gasteiger partial charge is 0.353 e. The predicted octanol–water partition coefficient (Wildman–Crippen LogP) is 1.75. The van der Waals surface area contributed by atoms with Gasteiger partial charge in [0.25, 0.3) is 0 Å². The molecular formula is C11H12N6O2. The fourth-order valence-electron chi connectivity index (χ4n) is 1.51. The molecular weight excluding hydrogens is 248 g/mol. The number of nitrogens with two attached hydrogens (primary N) is 1. The summed E-state index contributed by atoms with van der Waals surface area (Å²) in [6.07, 6.45) is 0. The van der Waals surface area contributed by atoms with Gasteiger partial charge in [-0.25, -0.2) is 0 Å². The van der Waals surface area contributed by atoms with Gasteiger partial charge in [0, 0.05) is 12.7 Å². The summed E-state index contributed by atoms with van der Waals surface area (Å²) in [5.41, 5.74) is 5.91. The average Bonchev–Trinajstić information content (AvgIpc) is 2.38. The first-order chi connectivity index (χ1) is 9.11. The number of nitro groups is 1. The topological polar surface area (TPSA) is 119 Å². The summed E-state index contributed by atoms with van der Waals surface area (Å²) in [6.45, 7) is 0. The molecule has 8 heteroatoms. The number of nitrogen functional groups attached to an aromatic ring is 1. The average molecular weight is 260 g/mol. The van der Waals surface area contributed by atoms with Crippen molar-refractivity contribution in [3.05, 3.63) is 40.4 Å². The predicted molar refractivity (Wildman–Crippen MR) is 72.4 cm³/mol. The van der Waals surface area contributed by atoms with Crippen LogP contribution in [-0.2, 0) is 0 Å². The molecule has 8 nitrogen and oxygen atoms in total. The Balaban J connectivity index is 2.48. The maximum atomic E-state index is 11.0. The summed E-state index contributed by atoms with van der Waals surface area (Å²) < 4.78 is 0. The summed E-state index contributed by atoms with van der Waals surface area (Å²) in [4.78, 5) is 18.2. The molecule has 0 unspecified atom stereocenters. The molecule has 2 rings (SSSR count). The van der Waals surface area contributed by atoms with E-state index in [4.69, 9.17) is 5.73 Å². The van der Waals surface area contributed by atoms with E-state index in [1.165, 1.54) is 0 Å². The number of para-hydroxylation sites is 1. The lowest BCUT2D eigenvalue weighted by molar-refractivity contribution is -0.383. The largest absolute Gasteiger partial charge is 0.378 e. The lowest BCUT2D eigenvalue weighted by Crippen LogP contribution is -2.08. The third-order valence-electron chi connectivity index (χ3n) is 2.35. The fourth-order valence-corrected chi connectivity index (χ4v) is 1.51. The van der Waals surface area contributed by atoms with Gasteiger partial charge in [0.15, 0.2) is 0 Å². The molecule has 0 saturated heterocycles. The van der Waals surface area contributed by atoms with Gasteiger partial charge in [0.1, 0.15) is 0 Å². The van der Waals surface area contributed by atoms with Gasteiger partial charge in [-0.15, -0.1) is 0 Å². The van der Waals surface area contributed by atoms with E-state index in [9.17, 15) is 10.1 Å². The fraction of sp³-hybridized carbons (Fsp3) is 0.0909. The number of hydrogen-bond acceptors (Lipinski definition) is 7. The van der Waals surface area contributed by atoms with Crippen molar-refractivity contribution in [2.24, 2.45) is 0 Å². The van der Waals surface area contributed by atoms with Crippen molar-refractivity contribution in [2.45, 2.75) is 0 Å².